The van der Waals surface area contributed by atoms with Gasteiger partial charge < -0.3 is 9.88 Å². The second-order valence-electron chi connectivity index (χ2n) is 6.66. The molecule has 2 heterocycles. The third-order valence-electron chi connectivity index (χ3n) is 4.45. The van der Waals surface area contributed by atoms with Crippen LogP contribution in [0.25, 0.3) is 11.4 Å². The fraction of sp³-hybridized carbons (Fsp3) is 0.333. The van der Waals surface area contributed by atoms with Crippen LogP contribution in [0.2, 0.25) is 0 Å². The van der Waals surface area contributed by atoms with Crippen LogP contribution in [0.1, 0.15) is 30.9 Å². The first-order chi connectivity index (χ1) is 13.6. The minimum Gasteiger partial charge on any atom is -0.325 e. The van der Waals surface area contributed by atoms with Gasteiger partial charge in [0.05, 0.1) is 5.75 Å². The molecule has 0 bridgehead atoms. The third-order valence-corrected chi connectivity index (χ3v) is 5.42. The topological polar surface area (TPSA) is 72.7 Å². The summed E-state index contributed by atoms with van der Waals surface area (Å²) in [6, 6.07) is 9.85. The Bertz CT molecular complexity index is 919. The lowest BCUT2D eigenvalue weighted by atomic mass is 10.1. The molecule has 0 atom stereocenters. The van der Waals surface area contributed by atoms with E-state index in [0.717, 1.165) is 52.7 Å². The highest BCUT2D eigenvalue weighted by atomic mass is 32.2. The number of amides is 1. The normalized spacial score (nSPS) is 10.8. The number of rotatable bonds is 8. The van der Waals surface area contributed by atoms with Crippen molar-refractivity contribution in [2.24, 2.45) is 0 Å². The molecular formula is C21H25N5OS. The lowest BCUT2D eigenvalue weighted by Crippen LogP contribution is -2.16. The van der Waals surface area contributed by atoms with E-state index in [2.05, 4.69) is 32.0 Å². The number of hydrogen-bond acceptors (Lipinski definition) is 5. The molecule has 0 fully saturated rings. The van der Waals surface area contributed by atoms with Gasteiger partial charge in [-0.15, -0.1) is 10.2 Å². The Kier molecular flexibility index (Phi) is 6.81. The minimum atomic E-state index is -0.0460. The summed E-state index contributed by atoms with van der Waals surface area (Å²) < 4.78 is 2.08. The highest BCUT2D eigenvalue weighted by molar-refractivity contribution is 7.99. The highest BCUT2D eigenvalue weighted by Crippen LogP contribution is 2.25. The number of thioether (sulfide) groups is 1. The zero-order valence-electron chi connectivity index (χ0n) is 16.5. The average molecular weight is 396 g/mol. The molecule has 6 nitrogen and oxygen atoms in total. The predicted octanol–water partition coefficient (Wildman–Crippen LogP) is 4.49. The van der Waals surface area contributed by atoms with E-state index in [1.807, 2.05) is 44.2 Å². The fourth-order valence-electron chi connectivity index (χ4n) is 2.94. The maximum atomic E-state index is 12.5. The second kappa shape index (κ2) is 9.50. The maximum absolute atomic E-state index is 12.5. The summed E-state index contributed by atoms with van der Waals surface area (Å²) in [6.07, 6.45) is 5.62. The van der Waals surface area contributed by atoms with Gasteiger partial charge in [-0.2, -0.15) is 0 Å². The van der Waals surface area contributed by atoms with Gasteiger partial charge in [0.1, 0.15) is 0 Å². The summed E-state index contributed by atoms with van der Waals surface area (Å²) in [6.45, 7) is 6.96. The van der Waals surface area contributed by atoms with Crippen molar-refractivity contribution >= 4 is 23.4 Å². The molecule has 1 aromatic carbocycles. The van der Waals surface area contributed by atoms with E-state index in [4.69, 9.17) is 0 Å². The van der Waals surface area contributed by atoms with Crippen LogP contribution in [0.4, 0.5) is 5.69 Å². The number of unbranched alkanes of at least 4 members (excludes halogenated alkanes) is 1. The number of carbonyl (C=O) groups is 1. The average Bonchev–Trinajstić information content (AvgIpc) is 3.11. The molecular weight excluding hydrogens is 370 g/mol. The number of nitrogens with zero attached hydrogens (tertiary/aromatic N) is 4. The Morgan fingerprint density at radius 1 is 1.14 bits per heavy atom. The van der Waals surface area contributed by atoms with Crippen LogP contribution in [0, 0.1) is 13.8 Å². The zero-order valence-corrected chi connectivity index (χ0v) is 17.3. The van der Waals surface area contributed by atoms with Crippen molar-refractivity contribution in [3.8, 4) is 11.4 Å². The van der Waals surface area contributed by atoms with Crippen molar-refractivity contribution in [2.45, 2.75) is 45.3 Å². The molecule has 0 aliphatic heterocycles. The van der Waals surface area contributed by atoms with Crippen LogP contribution in [-0.4, -0.2) is 31.4 Å². The number of nitrogens with one attached hydrogen (secondary N) is 1. The second-order valence-corrected chi connectivity index (χ2v) is 7.60. The summed E-state index contributed by atoms with van der Waals surface area (Å²) in [5.74, 6) is 1.03. The largest absolute Gasteiger partial charge is 0.325 e. The number of anilines is 1. The van der Waals surface area contributed by atoms with Crippen molar-refractivity contribution < 1.29 is 4.79 Å². The molecule has 0 aliphatic rings. The summed E-state index contributed by atoms with van der Waals surface area (Å²) in [7, 11) is 0. The van der Waals surface area contributed by atoms with Crippen molar-refractivity contribution in [2.75, 3.05) is 11.1 Å². The molecule has 1 amide bonds. The minimum absolute atomic E-state index is 0.0460. The van der Waals surface area contributed by atoms with E-state index in [0.29, 0.717) is 0 Å². The molecule has 0 radical (unpaired) electrons. The van der Waals surface area contributed by atoms with Crippen LogP contribution in [0.15, 0.2) is 47.9 Å². The molecule has 0 saturated heterocycles. The molecule has 1 N–H and O–H groups in total. The molecule has 3 aromatic rings. The number of pyridine rings is 1. The van der Waals surface area contributed by atoms with Gasteiger partial charge in [-0.25, -0.2) is 0 Å². The maximum Gasteiger partial charge on any atom is 0.234 e. The summed E-state index contributed by atoms with van der Waals surface area (Å²) >= 11 is 1.41. The van der Waals surface area contributed by atoms with Gasteiger partial charge in [0.15, 0.2) is 11.0 Å². The Morgan fingerprint density at radius 3 is 2.61 bits per heavy atom. The van der Waals surface area contributed by atoms with Gasteiger partial charge in [-0.3, -0.25) is 9.78 Å². The first-order valence-corrected chi connectivity index (χ1v) is 10.4. The summed E-state index contributed by atoms with van der Waals surface area (Å²) in [4.78, 5) is 16.7. The number of para-hydroxylation sites is 1. The molecule has 0 unspecified atom stereocenters. The number of carbonyl (C=O) groups excluding carboxylic acids is 1. The van der Waals surface area contributed by atoms with Gasteiger partial charge in [-0.05, 0) is 43.5 Å². The highest BCUT2D eigenvalue weighted by Gasteiger charge is 2.16. The van der Waals surface area contributed by atoms with Gasteiger partial charge >= 0.3 is 0 Å². The smallest absolute Gasteiger partial charge is 0.234 e. The van der Waals surface area contributed by atoms with E-state index in [1.165, 1.54) is 11.8 Å². The molecule has 28 heavy (non-hydrogen) atoms. The first-order valence-electron chi connectivity index (χ1n) is 9.42. The third kappa shape index (κ3) is 4.78. The van der Waals surface area contributed by atoms with E-state index in [1.54, 1.807) is 12.4 Å². The van der Waals surface area contributed by atoms with Crippen molar-refractivity contribution in [1.82, 2.24) is 19.7 Å². The molecule has 3 rings (SSSR count). The summed E-state index contributed by atoms with van der Waals surface area (Å²) in [5, 5.41) is 12.5. The van der Waals surface area contributed by atoms with Gasteiger partial charge in [-0.1, -0.05) is 43.3 Å². The van der Waals surface area contributed by atoms with E-state index < -0.39 is 0 Å². The predicted molar refractivity (Wildman–Crippen MR) is 113 cm³/mol. The lowest BCUT2D eigenvalue weighted by molar-refractivity contribution is -0.113. The Morgan fingerprint density at radius 2 is 1.93 bits per heavy atom. The quantitative estimate of drug-likeness (QED) is 0.569. The molecule has 7 heteroatoms. The SMILES string of the molecule is CCCCn1c(SCC(=O)Nc2c(C)cccc2C)nnc1-c1cccnc1. The Hall–Kier alpha value is -2.67. The van der Waals surface area contributed by atoms with E-state index >= 15 is 0 Å². The van der Waals surface area contributed by atoms with Crippen molar-refractivity contribution in [1.29, 1.82) is 0 Å². The standard InChI is InChI=1S/C21H25N5OS/c1-4-5-12-26-20(17-10-7-11-22-13-17)24-25-21(26)28-14-18(27)23-19-15(2)8-6-9-16(19)3/h6-11,13H,4-5,12,14H2,1-3H3,(H,23,27). The molecule has 2 aromatic heterocycles. The van der Waals surface area contributed by atoms with Gasteiger partial charge in [0, 0.05) is 30.2 Å². The molecule has 0 saturated carbocycles. The first kappa shape index (κ1) is 20.1. The van der Waals surface area contributed by atoms with Crippen LogP contribution >= 0.6 is 11.8 Å². The fourth-order valence-corrected chi connectivity index (χ4v) is 3.70. The molecule has 0 aliphatic carbocycles. The molecule has 146 valence electrons. The number of aromatic nitrogens is 4. The van der Waals surface area contributed by atoms with E-state index in [9.17, 15) is 4.79 Å². The van der Waals surface area contributed by atoms with Crippen LogP contribution in [0.5, 0.6) is 0 Å². The number of benzene rings is 1. The Labute approximate surface area is 169 Å². The Balaban J connectivity index is 1.73. The van der Waals surface area contributed by atoms with Crippen molar-refractivity contribution in [3.63, 3.8) is 0 Å². The van der Waals surface area contributed by atoms with Crippen molar-refractivity contribution in [3.05, 3.63) is 53.9 Å². The monoisotopic (exact) mass is 395 g/mol. The molecule has 0 spiro atoms. The number of aryl methyl sites for hydroxylation is 2. The van der Waals surface area contributed by atoms with Gasteiger partial charge in [0.2, 0.25) is 5.91 Å². The van der Waals surface area contributed by atoms with Crippen LogP contribution < -0.4 is 5.32 Å². The van der Waals surface area contributed by atoms with Crippen LogP contribution in [-0.2, 0) is 11.3 Å². The number of hydrogen-bond donors (Lipinski definition) is 1. The zero-order chi connectivity index (χ0) is 19.9. The van der Waals surface area contributed by atoms with Gasteiger partial charge in [0.25, 0.3) is 0 Å². The summed E-state index contributed by atoms with van der Waals surface area (Å²) in [5.41, 5.74) is 3.93. The van der Waals surface area contributed by atoms with E-state index in [-0.39, 0.29) is 11.7 Å². The van der Waals surface area contributed by atoms with Crippen LogP contribution in [0.3, 0.4) is 0 Å². The lowest BCUT2D eigenvalue weighted by Gasteiger charge is -2.12.